The van der Waals surface area contributed by atoms with Crippen molar-refractivity contribution in [1.82, 2.24) is 10.4 Å². The number of hydrazine groups is 1. The number of carbonyl (C=O) groups is 2. The summed E-state index contributed by atoms with van der Waals surface area (Å²) in [7, 11) is 0. The van der Waals surface area contributed by atoms with Crippen LogP contribution in [0, 0.1) is 11.8 Å². The van der Waals surface area contributed by atoms with Crippen LogP contribution in [0.4, 0.5) is 9.59 Å². The first-order valence-electron chi connectivity index (χ1n) is 6.85. The van der Waals surface area contributed by atoms with Crippen molar-refractivity contribution in [3.05, 3.63) is 22.4 Å². The van der Waals surface area contributed by atoms with Crippen molar-refractivity contribution in [3.63, 3.8) is 0 Å². The van der Waals surface area contributed by atoms with Gasteiger partial charge in [-0.3, -0.25) is 0 Å². The maximum absolute atomic E-state index is 11.9. The predicted octanol–water partition coefficient (Wildman–Crippen LogP) is 3.00. The van der Waals surface area contributed by atoms with Crippen molar-refractivity contribution >= 4 is 23.5 Å². The third-order valence-corrected chi connectivity index (χ3v) is 2.80. The topological polar surface area (TPSA) is 67.9 Å². The van der Waals surface area contributed by atoms with Crippen molar-refractivity contribution in [1.29, 1.82) is 0 Å². The van der Waals surface area contributed by atoms with Crippen LogP contribution in [0.1, 0.15) is 33.3 Å². The van der Waals surface area contributed by atoms with Gasteiger partial charge in [-0.25, -0.2) is 20.0 Å². The quantitative estimate of drug-likeness (QED) is 0.685. The molecule has 6 nitrogen and oxygen atoms in total. The van der Waals surface area contributed by atoms with Gasteiger partial charge in [0, 0.05) is 10.9 Å². The fourth-order valence-electron chi connectivity index (χ4n) is 1.32. The molecule has 22 heavy (non-hydrogen) atoms. The van der Waals surface area contributed by atoms with Gasteiger partial charge in [-0.2, -0.15) is 11.3 Å². The highest BCUT2D eigenvalue weighted by molar-refractivity contribution is 7.08. The van der Waals surface area contributed by atoms with Gasteiger partial charge in [0.05, 0.1) is 12.2 Å². The zero-order valence-electron chi connectivity index (χ0n) is 13.1. The summed E-state index contributed by atoms with van der Waals surface area (Å²) in [6.45, 7) is 6.87. The molecule has 1 aromatic heterocycles. The first-order chi connectivity index (χ1) is 10.4. The Morgan fingerprint density at radius 1 is 1.27 bits per heavy atom. The molecule has 1 aromatic rings. The van der Waals surface area contributed by atoms with Crippen LogP contribution in [0.5, 0.6) is 0 Å². The largest absolute Gasteiger partial charge is 0.446 e. The Kier molecular flexibility index (Phi) is 7.26. The standard InChI is InChI=1S/C15H20N2O4S/c1-11(2)20-14(18)16-17(15(19)21-12(3)4)8-5-6-13-7-9-22-10-13/h7,9-12H,8H2,1-4H3,(H,16,18). The van der Waals surface area contributed by atoms with Crippen LogP contribution in [0.3, 0.4) is 0 Å². The molecule has 0 atom stereocenters. The van der Waals surface area contributed by atoms with E-state index in [1.165, 1.54) is 11.3 Å². The Morgan fingerprint density at radius 2 is 1.95 bits per heavy atom. The summed E-state index contributed by atoms with van der Waals surface area (Å²) in [5.74, 6) is 5.71. The highest BCUT2D eigenvalue weighted by Gasteiger charge is 2.19. The molecule has 0 saturated heterocycles. The molecule has 0 bridgehead atoms. The molecule has 7 heteroatoms. The monoisotopic (exact) mass is 324 g/mol. The minimum atomic E-state index is -0.729. The van der Waals surface area contributed by atoms with E-state index < -0.39 is 12.2 Å². The Labute approximate surface area is 134 Å². The lowest BCUT2D eigenvalue weighted by atomic mass is 10.3. The Hall–Kier alpha value is -2.20. The number of thiophene rings is 1. The normalized spacial score (nSPS) is 9.91. The summed E-state index contributed by atoms with van der Waals surface area (Å²) in [5.41, 5.74) is 3.18. The van der Waals surface area contributed by atoms with E-state index in [9.17, 15) is 9.59 Å². The van der Waals surface area contributed by atoms with Crippen LogP contribution in [0.25, 0.3) is 0 Å². The van der Waals surface area contributed by atoms with Gasteiger partial charge in [-0.15, -0.1) is 0 Å². The molecule has 0 aliphatic rings. The van der Waals surface area contributed by atoms with Crippen LogP contribution in [0.2, 0.25) is 0 Å². The number of nitrogens with zero attached hydrogens (tertiary/aromatic N) is 1. The number of ether oxygens (including phenoxy) is 2. The maximum Gasteiger partial charge on any atom is 0.429 e. The minimum Gasteiger partial charge on any atom is -0.446 e. The highest BCUT2D eigenvalue weighted by Crippen LogP contribution is 2.03. The summed E-state index contributed by atoms with van der Waals surface area (Å²) in [6, 6.07) is 1.87. The number of rotatable bonds is 3. The molecule has 0 aliphatic carbocycles. The summed E-state index contributed by atoms with van der Waals surface area (Å²) < 4.78 is 10.00. The van der Waals surface area contributed by atoms with Crippen LogP contribution in [-0.4, -0.2) is 35.9 Å². The molecule has 1 rings (SSSR count). The van der Waals surface area contributed by atoms with Crippen molar-refractivity contribution < 1.29 is 19.1 Å². The third kappa shape index (κ3) is 6.99. The van der Waals surface area contributed by atoms with Crippen molar-refractivity contribution in [2.24, 2.45) is 0 Å². The molecule has 0 aliphatic heterocycles. The summed E-state index contributed by atoms with van der Waals surface area (Å²) in [4.78, 5) is 23.6. The fourth-order valence-corrected chi connectivity index (χ4v) is 1.91. The van der Waals surface area contributed by atoms with Gasteiger partial charge in [-0.05, 0) is 39.1 Å². The van der Waals surface area contributed by atoms with Gasteiger partial charge < -0.3 is 9.47 Å². The van der Waals surface area contributed by atoms with Crippen LogP contribution in [0.15, 0.2) is 16.8 Å². The van der Waals surface area contributed by atoms with Crippen molar-refractivity contribution in [2.45, 2.75) is 39.9 Å². The van der Waals surface area contributed by atoms with Crippen LogP contribution in [-0.2, 0) is 9.47 Å². The smallest absolute Gasteiger partial charge is 0.429 e. The molecule has 120 valence electrons. The molecule has 0 fully saturated rings. The molecule has 1 N–H and O–H groups in total. The second kappa shape index (κ2) is 8.95. The molecule has 0 spiro atoms. The van der Waals surface area contributed by atoms with E-state index in [1.54, 1.807) is 27.7 Å². The lowest BCUT2D eigenvalue weighted by molar-refractivity contribution is 0.0517. The average molecular weight is 324 g/mol. The number of amides is 2. The Morgan fingerprint density at radius 3 is 2.50 bits per heavy atom. The molecular weight excluding hydrogens is 304 g/mol. The predicted molar refractivity (Wildman–Crippen MR) is 84.3 cm³/mol. The van der Waals surface area contributed by atoms with E-state index in [0.717, 1.165) is 10.6 Å². The first kappa shape index (κ1) is 17.9. The van der Waals surface area contributed by atoms with Crippen molar-refractivity contribution in [3.8, 4) is 11.8 Å². The van der Waals surface area contributed by atoms with Gasteiger partial charge >= 0.3 is 12.2 Å². The van der Waals surface area contributed by atoms with E-state index in [4.69, 9.17) is 9.47 Å². The minimum absolute atomic E-state index is 0.00536. The number of carbonyl (C=O) groups excluding carboxylic acids is 2. The molecule has 0 aromatic carbocycles. The van der Waals surface area contributed by atoms with E-state index in [1.807, 2.05) is 16.8 Å². The molecule has 0 unspecified atom stereocenters. The molecular formula is C15H20N2O4S. The summed E-state index contributed by atoms with van der Waals surface area (Å²) in [5, 5.41) is 4.79. The number of hydrogen-bond acceptors (Lipinski definition) is 5. The maximum atomic E-state index is 11.9. The lowest BCUT2D eigenvalue weighted by Crippen LogP contribution is -2.47. The summed E-state index contributed by atoms with van der Waals surface area (Å²) >= 11 is 1.53. The van der Waals surface area contributed by atoms with Crippen LogP contribution < -0.4 is 5.43 Å². The first-order valence-corrected chi connectivity index (χ1v) is 7.79. The molecule has 0 saturated carbocycles. The van der Waals surface area contributed by atoms with Gasteiger partial charge in [-0.1, -0.05) is 11.8 Å². The summed E-state index contributed by atoms with van der Waals surface area (Å²) in [6.07, 6.45) is -2.01. The van der Waals surface area contributed by atoms with E-state index in [-0.39, 0.29) is 18.8 Å². The lowest BCUT2D eigenvalue weighted by Gasteiger charge is -2.22. The Bertz CT molecular complexity index is 544. The van der Waals surface area contributed by atoms with Gasteiger partial charge in [0.25, 0.3) is 0 Å². The zero-order valence-corrected chi connectivity index (χ0v) is 13.9. The van der Waals surface area contributed by atoms with Crippen LogP contribution >= 0.6 is 11.3 Å². The van der Waals surface area contributed by atoms with E-state index in [2.05, 4.69) is 17.3 Å². The second-order valence-electron chi connectivity index (χ2n) is 4.90. The fraction of sp³-hybridized carbons (Fsp3) is 0.467. The molecule has 2 amide bonds. The SMILES string of the molecule is CC(C)OC(=O)NN(CC#Cc1ccsc1)C(=O)OC(C)C. The average Bonchev–Trinajstić information content (AvgIpc) is 2.88. The number of nitrogens with one attached hydrogen (secondary N) is 1. The van der Waals surface area contributed by atoms with Gasteiger partial charge in [0.1, 0.15) is 6.54 Å². The third-order valence-electron chi connectivity index (χ3n) is 2.12. The molecule has 0 radical (unpaired) electrons. The van der Waals surface area contributed by atoms with E-state index >= 15 is 0 Å². The Balaban J connectivity index is 2.68. The second-order valence-corrected chi connectivity index (χ2v) is 5.68. The highest BCUT2D eigenvalue weighted by atomic mass is 32.1. The van der Waals surface area contributed by atoms with Gasteiger partial charge in [0.15, 0.2) is 0 Å². The van der Waals surface area contributed by atoms with E-state index in [0.29, 0.717) is 0 Å². The molecule has 1 heterocycles. The number of hydrogen-bond donors (Lipinski definition) is 1. The zero-order chi connectivity index (χ0) is 16.5. The van der Waals surface area contributed by atoms with Crippen molar-refractivity contribution in [2.75, 3.05) is 6.54 Å². The van der Waals surface area contributed by atoms with Gasteiger partial charge in [0.2, 0.25) is 0 Å².